The molecule has 0 aromatic carbocycles. The predicted octanol–water partition coefficient (Wildman–Crippen LogP) is 1.92. The van der Waals surface area contributed by atoms with E-state index in [0.717, 1.165) is 13.0 Å². The summed E-state index contributed by atoms with van der Waals surface area (Å²) in [5.74, 6) is 0.777. The first-order valence-corrected chi connectivity index (χ1v) is 5.63. The second-order valence-corrected chi connectivity index (χ2v) is 5.68. The highest BCUT2D eigenvalue weighted by molar-refractivity contribution is 5.76. The lowest BCUT2D eigenvalue weighted by atomic mass is 9.79. The predicted molar refractivity (Wildman–Crippen MR) is 60.6 cm³/mol. The topological polar surface area (TPSA) is 32.8 Å². The van der Waals surface area contributed by atoms with Crippen molar-refractivity contribution in [1.29, 1.82) is 0 Å². The zero-order valence-electron chi connectivity index (χ0n) is 10.5. The van der Waals surface area contributed by atoms with E-state index in [0.29, 0.717) is 18.4 Å². The zero-order valence-corrected chi connectivity index (χ0v) is 10.5. The molecule has 1 rings (SSSR count). The van der Waals surface area contributed by atoms with Crippen LogP contribution in [0.5, 0.6) is 0 Å². The lowest BCUT2D eigenvalue weighted by molar-refractivity contribution is -0.131. The molecule has 0 N–H and O–H groups in total. The molecule has 0 aromatic heterocycles. The van der Waals surface area contributed by atoms with Crippen LogP contribution in [0.4, 0.5) is 0 Å². The summed E-state index contributed by atoms with van der Waals surface area (Å²) < 4.78 is 5.27. The quantitative estimate of drug-likeness (QED) is 0.654. The molecule has 0 bridgehead atoms. The van der Waals surface area contributed by atoms with Crippen LogP contribution in [-0.4, -0.2) is 37.6 Å². The summed E-state index contributed by atoms with van der Waals surface area (Å²) in [7, 11) is 3.62. The number of ether oxygens (including phenoxy) is 1. The Balaban J connectivity index is 2.39. The van der Waals surface area contributed by atoms with Crippen molar-refractivity contribution in [2.45, 2.75) is 39.7 Å². The van der Waals surface area contributed by atoms with E-state index in [1.807, 2.05) is 14.1 Å². The van der Waals surface area contributed by atoms with Gasteiger partial charge in [-0.2, -0.15) is 0 Å². The molecule has 0 saturated carbocycles. The standard InChI is InChI=1S/C12H23NO2/c1-9(10-8-15-10)6-12(2,3)7-11(14)13(4)5/h9-10H,6-8H2,1-5H3. The smallest absolute Gasteiger partial charge is 0.222 e. The normalized spacial score (nSPS) is 22.3. The van der Waals surface area contributed by atoms with Gasteiger partial charge in [-0.1, -0.05) is 20.8 Å². The van der Waals surface area contributed by atoms with Crippen molar-refractivity contribution < 1.29 is 9.53 Å². The van der Waals surface area contributed by atoms with Crippen LogP contribution in [0.25, 0.3) is 0 Å². The number of carbonyl (C=O) groups is 1. The third kappa shape index (κ3) is 4.20. The van der Waals surface area contributed by atoms with Gasteiger partial charge in [0.1, 0.15) is 0 Å². The maximum absolute atomic E-state index is 11.6. The van der Waals surface area contributed by atoms with Crippen molar-refractivity contribution in [1.82, 2.24) is 4.90 Å². The summed E-state index contributed by atoms with van der Waals surface area (Å²) in [6.45, 7) is 7.43. The molecule has 0 spiro atoms. The van der Waals surface area contributed by atoms with Crippen LogP contribution in [0.15, 0.2) is 0 Å². The summed E-state index contributed by atoms with van der Waals surface area (Å²) >= 11 is 0. The van der Waals surface area contributed by atoms with E-state index in [1.165, 1.54) is 0 Å². The van der Waals surface area contributed by atoms with Crippen LogP contribution in [-0.2, 0) is 9.53 Å². The van der Waals surface area contributed by atoms with Crippen LogP contribution >= 0.6 is 0 Å². The minimum atomic E-state index is 0.0761. The number of hydrogen-bond donors (Lipinski definition) is 0. The maximum Gasteiger partial charge on any atom is 0.222 e. The molecule has 0 radical (unpaired) electrons. The molecule has 1 amide bonds. The summed E-state index contributed by atoms with van der Waals surface area (Å²) in [5.41, 5.74) is 0.0761. The van der Waals surface area contributed by atoms with E-state index < -0.39 is 0 Å². The van der Waals surface area contributed by atoms with E-state index in [9.17, 15) is 4.79 Å². The monoisotopic (exact) mass is 213 g/mol. The Labute approximate surface area is 92.8 Å². The molecule has 3 nitrogen and oxygen atoms in total. The molecule has 3 heteroatoms. The average molecular weight is 213 g/mol. The van der Waals surface area contributed by atoms with Gasteiger partial charge in [-0.05, 0) is 17.8 Å². The Kier molecular flexibility index (Phi) is 3.77. The molecule has 0 aliphatic carbocycles. The molecule has 2 unspecified atom stereocenters. The Morgan fingerprint density at radius 1 is 1.53 bits per heavy atom. The van der Waals surface area contributed by atoms with E-state index in [-0.39, 0.29) is 11.3 Å². The minimum Gasteiger partial charge on any atom is -0.373 e. The molecule has 1 heterocycles. The second-order valence-electron chi connectivity index (χ2n) is 5.68. The molecular weight excluding hydrogens is 190 g/mol. The fourth-order valence-electron chi connectivity index (χ4n) is 2.03. The molecule has 1 aliphatic rings. The number of nitrogens with zero attached hydrogens (tertiary/aromatic N) is 1. The van der Waals surface area contributed by atoms with Crippen molar-refractivity contribution in [3.63, 3.8) is 0 Å². The van der Waals surface area contributed by atoms with Crippen LogP contribution in [0.3, 0.4) is 0 Å². The largest absolute Gasteiger partial charge is 0.373 e. The van der Waals surface area contributed by atoms with Gasteiger partial charge >= 0.3 is 0 Å². The fraction of sp³-hybridized carbons (Fsp3) is 0.917. The molecular formula is C12H23NO2. The summed E-state index contributed by atoms with van der Waals surface area (Å²) in [6, 6.07) is 0. The summed E-state index contributed by atoms with van der Waals surface area (Å²) in [4.78, 5) is 13.3. The van der Waals surface area contributed by atoms with Gasteiger partial charge in [0.05, 0.1) is 12.7 Å². The Hall–Kier alpha value is -0.570. The summed E-state index contributed by atoms with van der Waals surface area (Å²) in [5, 5.41) is 0. The fourth-order valence-corrected chi connectivity index (χ4v) is 2.03. The SMILES string of the molecule is CC(CC(C)(C)CC(=O)N(C)C)C1CO1. The van der Waals surface area contributed by atoms with Crippen molar-refractivity contribution in [2.75, 3.05) is 20.7 Å². The van der Waals surface area contributed by atoms with Gasteiger partial charge in [0.15, 0.2) is 0 Å². The third-order valence-corrected chi connectivity index (χ3v) is 3.00. The van der Waals surface area contributed by atoms with Crippen LogP contribution in [0.2, 0.25) is 0 Å². The maximum atomic E-state index is 11.6. The average Bonchev–Trinajstić information content (AvgIpc) is 2.83. The second kappa shape index (κ2) is 4.52. The van der Waals surface area contributed by atoms with Gasteiger partial charge in [0, 0.05) is 20.5 Å². The first-order chi connectivity index (χ1) is 6.82. The molecule has 0 aromatic rings. The van der Waals surface area contributed by atoms with Crippen molar-refractivity contribution in [3.05, 3.63) is 0 Å². The number of amides is 1. The summed E-state index contributed by atoms with van der Waals surface area (Å²) in [6.07, 6.45) is 2.12. The number of carbonyl (C=O) groups excluding carboxylic acids is 1. The van der Waals surface area contributed by atoms with Crippen molar-refractivity contribution in [3.8, 4) is 0 Å². The highest BCUT2D eigenvalue weighted by atomic mass is 16.6. The van der Waals surface area contributed by atoms with E-state index in [4.69, 9.17) is 4.74 Å². The molecule has 1 aliphatic heterocycles. The van der Waals surface area contributed by atoms with Crippen molar-refractivity contribution >= 4 is 5.91 Å². The van der Waals surface area contributed by atoms with E-state index in [2.05, 4.69) is 20.8 Å². The van der Waals surface area contributed by atoms with Gasteiger partial charge < -0.3 is 9.64 Å². The Morgan fingerprint density at radius 3 is 2.47 bits per heavy atom. The van der Waals surface area contributed by atoms with Gasteiger partial charge in [0.2, 0.25) is 5.91 Å². The Morgan fingerprint density at radius 2 is 2.07 bits per heavy atom. The number of epoxide rings is 1. The van der Waals surface area contributed by atoms with Gasteiger partial charge in [0.25, 0.3) is 0 Å². The molecule has 1 fully saturated rings. The van der Waals surface area contributed by atoms with Gasteiger partial charge in [-0.3, -0.25) is 4.79 Å². The van der Waals surface area contributed by atoms with E-state index >= 15 is 0 Å². The van der Waals surface area contributed by atoms with Crippen LogP contribution in [0.1, 0.15) is 33.6 Å². The first-order valence-electron chi connectivity index (χ1n) is 5.63. The highest BCUT2D eigenvalue weighted by Gasteiger charge is 2.34. The molecule has 15 heavy (non-hydrogen) atoms. The first kappa shape index (κ1) is 12.5. The zero-order chi connectivity index (χ0) is 11.6. The lowest BCUT2D eigenvalue weighted by Gasteiger charge is -2.28. The molecule has 2 atom stereocenters. The Bertz CT molecular complexity index is 232. The van der Waals surface area contributed by atoms with Crippen LogP contribution in [0, 0.1) is 11.3 Å². The minimum absolute atomic E-state index is 0.0761. The van der Waals surface area contributed by atoms with Crippen molar-refractivity contribution in [2.24, 2.45) is 11.3 Å². The third-order valence-electron chi connectivity index (χ3n) is 3.00. The number of hydrogen-bond acceptors (Lipinski definition) is 2. The molecule has 88 valence electrons. The van der Waals surface area contributed by atoms with E-state index in [1.54, 1.807) is 4.90 Å². The lowest BCUT2D eigenvalue weighted by Crippen LogP contribution is -2.29. The van der Waals surface area contributed by atoms with Gasteiger partial charge in [-0.25, -0.2) is 0 Å². The highest BCUT2D eigenvalue weighted by Crippen LogP contribution is 2.34. The molecule has 1 saturated heterocycles. The number of rotatable bonds is 5. The van der Waals surface area contributed by atoms with Gasteiger partial charge in [-0.15, -0.1) is 0 Å². The van der Waals surface area contributed by atoms with Crippen LogP contribution < -0.4 is 0 Å².